The molecule has 9 nitrogen and oxygen atoms in total. The largest absolute Gasteiger partial charge is 0.367 e. The molecule has 0 saturated carbocycles. The smallest absolute Gasteiger partial charge is 0.293 e. The van der Waals surface area contributed by atoms with Gasteiger partial charge in [-0.3, -0.25) is 19.3 Å². The number of aryl methyl sites for hydroxylation is 1. The first kappa shape index (κ1) is 18.0. The molecule has 0 aliphatic carbocycles. The van der Waals surface area contributed by atoms with Crippen LogP contribution in [0.4, 0.5) is 0 Å². The zero-order chi connectivity index (χ0) is 18.7. The molecule has 0 aromatic carbocycles. The minimum absolute atomic E-state index is 0.0343. The minimum Gasteiger partial charge on any atom is -0.367 e. The number of carbonyl (C=O) groups excluding carboxylic acids is 2. The first-order valence-corrected chi connectivity index (χ1v) is 8.33. The van der Waals surface area contributed by atoms with Gasteiger partial charge >= 0.3 is 0 Å². The first-order valence-electron chi connectivity index (χ1n) is 8.33. The molecule has 9 heteroatoms. The quantitative estimate of drug-likeness (QED) is 0.748. The summed E-state index contributed by atoms with van der Waals surface area (Å²) in [5, 5.41) is 4.07. The first-order chi connectivity index (χ1) is 12.5. The SMILES string of the molecule is CN(C)C(=O)COCc1cncc2c1CCN(C(=O)c1ncn(C)n1)C2. The Bertz CT molecular complexity index is 817. The number of fused-ring (bicyclic) bond motifs is 1. The van der Waals surface area contributed by atoms with Crippen molar-refractivity contribution in [2.75, 3.05) is 27.2 Å². The van der Waals surface area contributed by atoms with Gasteiger partial charge in [-0.25, -0.2) is 4.98 Å². The molecular formula is C17H22N6O3. The summed E-state index contributed by atoms with van der Waals surface area (Å²) >= 11 is 0. The monoisotopic (exact) mass is 358 g/mol. The molecule has 2 aromatic heterocycles. The fraction of sp³-hybridized carbons (Fsp3) is 0.471. The molecule has 2 amide bonds. The molecule has 0 fully saturated rings. The number of likely N-dealkylation sites (N-methyl/N-ethyl adjacent to an activating group) is 1. The van der Waals surface area contributed by atoms with E-state index in [1.807, 2.05) is 0 Å². The van der Waals surface area contributed by atoms with Crippen molar-refractivity contribution in [2.24, 2.45) is 7.05 Å². The number of carbonyl (C=O) groups is 2. The van der Waals surface area contributed by atoms with Gasteiger partial charge in [0.1, 0.15) is 12.9 Å². The molecule has 0 radical (unpaired) electrons. The van der Waals surface area contributed by atoms with E-state index in [2.05, 4.69) is 15.1 Å². The molecule has 26 heavy (non-hydrogen) atoms. The maximum absolute atomic E-state index is 12.5. The molecule has 0 atom stereocenters. The lowest BCUT2D eigenvalue weighted by Gasteiger charge is -2.29. The Hall–Kier alpha value is -2.81. The molecule has 0 spiro atoms. The van der Waals surface area contributed by atoms with E-state index in [1.165, 1.54) is 15.9 Å². The van der Waals surface area contributed by atoms with Gasteiger partial charge in [-0.1, -0.05) is 0 Å². The Labute approximate surface area is 151 Å². The molecule has 1 aliphatic heterocycles. The Morgan fingerprint density at radius 2 is 2.12 bits per heavy atom. The van der Waals surface area contributed by atoms with Gasteiger partial charge in [-0.2, -0.15) is 0 Å². The normalized spacial score (nSPS) is 13.4. The number of hydrogen-bond acceptors (Lipinski definition) is 6. The van der Waals surface area contributed by atoms with Crippen LogP contribution in [0.3, 0.4) is 0 Å². The lowest BCUT2D eigenvalue weighted by Crippen LogP contribution is -2.37. The van der Waals surface area contributed by atoms with Gasteiger partial charge in [0.05, 0.1) is 6.61 Å². The highest BCUT2D eigenvalue weighted by Gasteiger charge is 2.25. The minimum atomic E-state index is -0.186. The summed E-state index contributed by atoms with van der Waals surface area (Å²) < 4.78 is 7.03. The number of hydrogen-bond donors (Lipinski definition) is 0. The van der Waals surface area contributed by atoms with Gasteiger partial charge in [0.2, 0.25) is 11.7 Å². The fourth-order valence-electron chi connectivity index (χ4n) is 2.82. The van der Waals surface area contributed by atoms with Crippen LogP contribution in [0.25, 0.3) is 0 Å². The molecule has 0 saturated heterocycles. The average Bonchev–Trinajstić information content (AvgIpc) is 3.07. The summed E-state index contributed by atoms with van der Waals surface area (Å²) in [6.45, 7) is 1.40. The summed E-state index contributed by atoms with van der Waals surface area (Å²) in [7, 11) is 5.12. The maximum Gasteiger partial charge on any atom is 0.293 e. The molecule has 3 heterocycles. The molecule has 138 valence electrons. The molecule has 2 aromatic rings. The van der Waals surface area contributed by atoms with Crippen molar-refractivity contribution in [1.82, 2.24) is 29.5 Å². The van der Waals surface area contributed by atoms with Crippen LogP contribution in [0.15, 0.2) is 18.7 Å². The third kappa shape index (κ3) is 3.88. The van der Waals surface area contributed by atoms with E-state index in [4.69, 9.17) is 4.74 Å². The van der Waals surface area contributed by atoms with E-state index >= 15 is 0 Å². The number of pyridine rings is 1. The topological polar surface area (TPSA) is 93.5 Å². The highest BCUT2D eigenvalue weighted by atomic mass is 16.5. The van der Waals surface area contributed by atoms with Crippen LogP contribution in [0.5, 0.6) is 0 Å². The second-order valence-electron chi connectivity index (χ2n) is 6.44. The van der Waals surface area contributed by atoms with Crippen LogP contribution in [0.2, 0.25) is 0 Å². The number of rotatable bonds is 5. The Kier molecular flexibility index (Phi) is 5.27. The predicted molar refractivity (Wildman–Crippen MR) is 92.0 cm³/mol. The third-order valence-corrected chi connectivity index (χ3v) is 4.29. The van der Waals surface area contributed by atoms with Crippen molar-refractivity contribution in [2.45, 2.75) is 19.6 Å². The van der Waals surface area contributed by atoms with Crippen molar-refractivity contribution < 1.29 is 14.3 Å². The van der Waals surface area contributed by atoms with E-state index in [9.17, 15) is 9.59 Å². The van der Waals surface area contributed by atoms with Crippen molar-refractivity contribution in [3.8, 4) is 0 Å². The van der Waals surface area contributed by atoms with E-state index in [-0.39, 0.29) is 24.2 Å². The van der Waals surface area contributed by atoms with Crippen LogP contribution in [0.1, 0.15) is 27.3 Å². The van der Waals surface area contributed by atoms with Crippen LogP contribution in [-0.4, -0.2) is 68.6 Å². The zero-order valence-electron chi connectivity index (χ0n) is 15.2. The number of amides is 2. The van der Waals surface area contributed by atoms with Crippen LogP contribution < -0.4 is 0 Å². The Balaban J connectivity index is 1.66. The average molecular weight is 358 g/mol. The summed E-state index contributed by atoms with van der Waals surface area (Å²) in [4.78, 5) is 35.6. The van der Waals surface area contributed by atoms with Crippen LogP contribution >= 0.6 is 0 Å². The number of aromatic nitrogens is 4. The Morgan fingerprint density at radius 3 is 2.81 bits per heavy atom. The molecule has 0 unspecified atom stereocenters. The summed E-state index contributed by atoms with van der Waals surface area (Å²) in [5.41, 5.74) is 3.08. The van der Waals surface area contributed by atoms with Gasteiger partial charge < -0.3 is 14.5 Å². The lowest BCUT2D eigenvalue weighted by atomic mass is 9.97. The fourth-order valence-corrected chi connectivity index (χ4v) is 2.82. The molecule has 0 N–H and O–H groups in total. The van der Waals surface area contributed by atoms with Crippen molar-refractivity contribution >= 4 is 11.8 Å². The molecule has 1 aliphatic rings. The second kappa shape index (κ2) is 7.61. The van der Waals surface area contributed by atoms with Gasteiger partial charge in [0.15, 0.2) is 0 Å². The maximum atomic E-state index is 12.5. The zero-order valence-corrected chi connectivity index (χ0v) is 15.2. The summed E-state index contributed by atoms with van der Waals surface area (Å²) in [6.07, 6.45) is 5.75. The van der Waals surface area contributed by atoms with Crippen molar-refractivity contribution in [3.05, 3.63) is 41.2 Å². The second-order valence-corrected chi connectivity index (χ2v) is 6.44. The van der Waals surface area contributed by atoms with Gasteiger partial charge in [0.25, 0.3) is 5.91 Å². The van der Waals surface area contributed by atoms with E-state index in [0.717, 1.165) is 16.7 Å². The standard InChI is InChI=1S/C17H22N6O3/c1-21(2)15(24)10-26-9-13-7-18-6-12-8-23(5-4-14(12)13)17(25)16-19-11-22(3)20-16/h6-7,11H,4-5,8-10H2,1-3H3. The molecule has 0 bridgehead atoms. The van der Waals surface area contributed by atoms with Gasteiger partial charge in [-0.15, -0.1) is 5.10 Å². The van der Waals surface area contributed by atoms with E-state index in [1.54, 1.807) is 38.4 Å². The van der Waals surface area contributed by atoms with Crippen molar-refractivity contribution in [3.63, 3.8) is 0 Å². The molecule has 3 rings (SSSR count). The predicted octanol–water partition coefficient (Wildman–Crippen LogP) is 0.0134. The molecular weight excluding hydrogens is 336 g/mol. The summed E-state index contributed by atoms with van der Waals surface area (Å²) in [6, 6.07) is 0. The van der Waals surface area contributed by atoms with E-state index in [0.29, 0.717) is 26.1 Å². The number of ether oxygens (including phenoxy) is 1. The highest BCUT2D eigenvalue weighted by molar-refractivity contribution is 5.90. The Morgan fingerprint density at radius 1 is 1.31 bits per heavy atom. The third-order valence-electron chi connectivity index (χ3n) is 4.29. The number of nitrogens with zero attached hydrogens (tertiary/aromatic N) is 6. The van der Waals surface area contributed by atoms with Gasteiger partial charge in [0, 0.05) is 46.6 Å². The lowest BCUT2D eigenvalue weighted by molar-refractivity contribution is -0.133. The van der Waals surface area contributed by atoms with Crippen molar-refractivity contribution in [1.29, 1.82) is 0 Å². The van der Waals surface area contributed by atoms with Crippen LogP contribution in [-0.2, 0) is 36.2 Å². The van der Waals surface area contributed by atoms with Gasteiger partial charge in [-0.05, 0) is 23.1 Å². The van der Waals surface area contributed by atoms with Crippen LogP contribution in [0, 0.1) is 0 Å². The summed E-state index contributed by atoms with van der Waals surface area (Å²) in [5.74, 6) is -0.0672. The van der Waals surface area contributed by atoms with E-state index < -0.39 is 0 Å². The highest BCUT2D eigenvalue weighted by Crippen LogP contribution is 2.23.